The molecule has 0 bridgehead atoms. The molecule has 0 amide bonds. The molecule has 1 aromatic rings. The van der Waals surface area contributed by atoms with Crippen LogP contribution in [0.4, 0.5) is 12.9 Å². The number of hydrogen-bond donors (Lipinski definition) is 0. The second-order valence-electron chi connectivity index (χ2n) is 2.31. The summed E-state index contributed by atoms with van der Waals surface area (Å²) in [7, 11) is 0. The van der Waals surface area contributed by atoms with E-state index < -0.39 is 12.6 Å². The van der Waals surface area contributed by atoms with Crippen molar-refractivity contribution >= 4 is 30.3 Å². The van der Waals surface area contributed by atoms with Crippen molar-refractivity contribution in [3.8, 4) is 0 Å². The molecule has 14 heavy (non-hydrogen) atoms. The van der Waals surface area contributed by atoms with Gasteiger partial charge in [0, 0.05) is 6.20 Å². The topological polar surface area (TPSA) is 12.9 Å². The fourth-order valence-corrected chi connectivity index (χ4v) is 1.62. The zero-order chi connectivity index (χ0) is 9.90. The molecule has 0 aliphatic rings. The van der Waals surface area contributed by atoms with Gasteiger partial charge in [0.05, 0.1) is 5.02 Å². The van der Waals surface area contributed by atoms with Gasteiger partial charge in [-0.25, -0.2) is 4.98 Å². The summed E-state index contributed by atoms with van der Waals surface area (Å²) in [6, 6.07) is 3.09. The first kappa shape index (κ1) is 15.3. The minimum atomic E-state index is -4.78. The van der Waals surface area contributed by atoms with E-state index >= 15 is 0 Å². The van der Waals surface area contributed by atoms with Gasteiger partial charge in [-0.1, -0.05) is 11.6 Å². The van der Waals surface area contributed by atoms with Crippen molar-refractivity contribution in [3.05, 3.63) is 23.4 Å². The summed E-state index contributed by atoms with van der Waals surface area (Å²) >= 11 is 6.22. The van der Waals surface area contributed by atoms with Crippen LogP contribution < -0.4 is 51.4 Å². The predicted molar refractivity (Wildman–Crippen MR) is 49.0 cm³/mol. The Labute approximate surface area is 132 Å². The minimum absolute atomic E-state index is 0. The maximum Gasteiger partial charge on any atom is 1.00 e. The molecule has 0 aliphatic carbocycles. The summed E-state index contributed by atoms with van der Waals surface area (Å²) < 4.78 is 35.5. The number of halogens is 4. The van der Waals surface area contributed by atoms with Crippen molar-refractivity contribution < 1.29 is 64.3 Å². The van der Waals surface area contributed by atoms with Crippen molar-refractivity contribution in [1.82, 2.24) is 4.98 Å². The number of aromatic nitrogens is 1. The summed E-state index contributed by atoms with van der Waals surface area (Å²) in [6.45, 7) is -4.78. The third kappa shape index (κ3) is 5.99. The van der Waals surface area contributed by atoms with E-state index in [1.165, 1.54) is 12.3 Å². The monoisotopic (exact) mass is 265 g/mol. The maximum atomic E-state index is 11.8. The van der Waals surface area contributed by atoms with Crippen molar-refractivity contribution in [2.75, 3.05) is 5.65 Å². The molecule has 0 saturated heterocycles. The first-order valence-corrected chi connectivity index (χ1v) is 4.80. The Morgan fingerprint density at radius 3 is 2.57 bits per heavy atom. The molecular weight excluding hydrogens is 260 g/mol. The summed E-state index contributed by atoms with van der Waals surface area (Å²) in [5, 5.41) is 0.482. The average molecular weight is 266 g/mol. The van der Waals surface area contributed by atoms with Crippen LogP contribution in [0, 0.1) is 0 Å². The Kier molecular flexibility index (Phi) is 7.40. The van der Waals surface area contributed by atoms with E-state index in [1.807, 2.05) is 0 Å². The Bertz CT molecular complexity index is 299. The molecule has 0 aliphatic heterocycles. The maximum absolute atomic E-state index is 11.8. The number of nitrogens with zero attached hydrogens (tertiary/aromatic N) is 1. The molecule has 1 nitrogen and oxygen atoms in total. The van der Waals surface area contributed by atoms with Gasteiger partial charge in [0.2, 0.25) is 0 Å². The molecule has 1 aromatic heterocycles. The average Bonchev–Trinajstić information content (AvgIpc) is 2.01. The first-order valence-electron chi connectivity index (χ1n) is 3.43. The van der Waals surface area contributed by atoms with Crippen LogP contribution in [-0.2, 0) is 0 Å². The van der Waals surface area contributed by atoms with Crippen LogP contribution in [0.2, 0.25) is 5.02 Å². The molecule has 1 heterocycles. The largest absolute Gasteiger partial charge is 1.00 e. The normalized spacial score (nSPS) is 10.9. The molecule has 0 saturated carbocycles. The molecule has 0 radical (unpaired) electrons. The zero-order valence-electron chi connectivity index (χ0n) is 7.38. The number of hydrogen-bond acceptors (Lipinski definition) is 2. The molecule has 0 N–H and O–H groups in total. The van der Waals surface area contributed by atoms with E-state index in [0.717, 1.165) is 0 Å². The Balaban J connectivity index is 0.00000169. The predicted octanol–water partition coefficient (Wildman–Crippen LogP) is 0.218. The minimum Gasteiger partial charge on any atom is -0.448 e. The molecule has 0 fully saturated rings. The van der Waals surface area contributed by atoms with Gasteiger partial charge in [-0.15, -0.1) is 11.8 Å². The molecule has 0 unspecified atom stereocenters. The van der Waals surface area contributed by atoms with Crippen LogP contribution in [0.3, 0.4) is 0 Å². The summed E-state index contributed by atoms with van der Waals surface area (Å²) in [4.78, 5) is 3.72. The number of rotatable bonds is 3. The third-order valence-electron chi connectivity index (χ3n) is 1.13. The van der Waals surface area contributed by atoms with Gasteiger partial charge in [0.15, 0.2) is 0 Å². The second kappa shape index (κ2) is 6.78. The van der Waals surface area contributed by atoms with Crippen molar-refractivity contribution in [2.24, 2.45) is 0 Å². The van der Waals surface area contributed by atoms with Crippen LogP contribution in [0.25, 0.3) is 0 Å². The van der Waals surface area contributed by atoms with Gasteiger partial charge in [-0.2, -0.15) is 0 Å². The zero-order valence-corrected chi connectivity index (χ0v) is 12.1. The first-order chi connectivity index (χ1) is 5.99. The van der Waals surface area contributed by atoms with Crippen molar-refractivity contribution in [1.29, 1.82) is 0 Å². The number of thioether (sulfide) groups is 1. The van der Waals surface area contributed by atoms with Crippen LogP contribution in [0.5, 0.6) is 0 Å². The van der Waals surface area contributed by atoms with E-state index in [-0.39, 0.29) is 61.4 Å². The van der Waals surface area contributed by atoms with Gasteiger partial charge in [-0.05, 0) is 17.8 Å². The molecule has 8 heteroatoms. The van der Waals surface area contributed by atoms with E-state index in [2.05, 4.69) is 4.98 Å². The molecule has 0 atom stereocenters. The van der Waals surface area contributed by atoms with Crippen molar-refractivity contribution in [3.63, 3.8) is 0 Å². The van der Waals surface area contributed by atoms with Gasteiger partial charge in [0.1, 0.15) is 5.03 Å². The summed E-state index contributed by atoms with van der Waals surface area (Å²) in [5.41, 5.74) is -0.906. The molecule has 0 spiro atoms. The second-order valence-corrected chi connectivity index (χ2v) is 3.73. The van der Waals surface area contributed by atoms with Crippen LogP contribution in [0.1, 0.15) is 0 Å². The molecule has 1 rings (SSSR count). The Hall–Kier alpha value is 1.28. The molecular formula is C6H5BClF3KNS. The van der Waals surface area contributed by atoms with Gasteiger partial charge >= 0.3 is 58.4 Å². The van der Waals surface area contributed by atoms with E-state index in [9.17, 15) is 12.9 Å². The van der Waals surface area contributed by atoms with Crippen LogP contribution in [-0.4, -0.2) is 17.6 Å². The van der Waals surface area contributed by atoms with Gasteiger partial charge in [0.25, 0.3) is 0 Å². The fraction of sp³-hybridized carbons (Fsp3) is 0.167. The quantitative estimate of drug-likeness (QED) is 0.573. The fourth-order valence-electron chi connectivity index (χ4n) is 0.651. The number of pyridine rings is 1. The molecule has 72 valence electrons. The summed E-state index contributed by atoms with van der Waals surface area (Å²) in [5.74, 6) is 0. The third-order valence-corrected chi connectivity index (χ3v) is 2.69. The molecule has 0 aromatic carbocycles. The van der Waals surface area contributed by atoms with Gasteiger partial charge in [-0.3, -0.25) is 0 Å². The Morgan fingerprint density at radius 2 is 2.07 bits per heavy atom. The van der Waals surface area contributed by atoms with Crippen LogP contribution >= 0.6 is 23.4 Å². The summed E-state index contributed by atoms with van der Waals surface area (Å²) in [6.07, 6.45) is 1.41. The SMILES string of the molecule is F[B-](F)(F)CSc1ncccc1Cl.[K+]. The van der Waals surface area contributed by atoms with Crippen molar-refractivity contribution in [2.45, 2.75) is 5.03 Å². The Morgan fingerprint density at radius 1 is 1.43 bits per heavy atom. The van der Waals surface area contributed by atoms with E-state index in [1.54, 1.807) is 6.07 Å². The van der Waals surface area contributed by atoms with E-state index in [4.69, 9.17) is 11.6 Å². The van der Waals surface area contributed by atoms with Crippen LogP contribution in [0.15, 0.2) is 23.4 Å². The standard InChI is InChI=1S/C6H5BClF3NS.K/c8-5-2-1-3-12-6(5)13-4-7(9,10)11;/h1-3H,4H2;/q-1;+1. The van der Waals surface area contributed by atoms with Gasteiger partial charge < -0.3 is 12.9 Å². The van der Waals surface area contributed by atoms with E-state index in [0.29, 0.717) is 11.8 Å². The smallest absolute Gasteiger partial charge is 0.448 e.